The van der Waals surface area contributed by atoms with Crippen LogP contribution in [0.5, 0.6) is 5.75 Å². The molecule has 6 nitrogen and oxygen atoms in total. The fraction of sp³-hybridized carbons (Fsp3) is 0.346. The lowest BCUT2D eigenvalue weighted by molar-refractivity contribution is -0.118. The molecule has 1 aromatic heterocycles. The van der Waals surface area contributed by atoms with Crippen molar-refractivity contribution in [1.82, 2.24) is 10.2 Å². The van der Waals surface area contributed by atoms with E-state index in [4.69, 9.17) is 4.74 Å². The number of benzene rings is 2. The maximum Gasteiger partial charge on any atom is 0.262 e. The number of anilines is 2. The highest BCUT2D eigenvalue weighted by atomic mass is 16.5. The summed E-state index contributed by atoms with van der Waals surface area (Å²) in [7, 11) is 0. The molecule has 0 unspecified atom stereocenters. The van der Waals surface area contributed by atoms with Crippen LogP contribution in [0.3, 0.4) is 0 Å². The van der Waals surface area contributed by atoms with Crippen LogP contribution in [0.25, 0.3) is 11.3 Å². The number of amides is 1. The summed E-state index contributed by atoms with van der Waals surface area (Å²) >= 11 is 0. The number of carbonyl (C=O) groups excluding carboxylic acids is 1. The molecule has 1 saturated heterocycles. The second-order valence-electron chi connectivity index (χ2n) is 8.36. The van der Waals surface area contributed by atoms with Gasteiger partial charge in [0.2, 0.25) is 0 Å². The molecular formula is C26H30N4O2. The first-order valence-electron chi connectivity index (χ1n) is 11.3. The molecule has 1 aliphatic heterocycles. The highest BCUT2D eigenvalue weighted by Gasteiger charge is 2.17. The minimum Gasteiger partial charge on any atom is -0.484 e. The van der Waals surface area contributed by atoms with Gasteiger partial charge in [-0.1, -0.05) is 38.1 Å². The average molecular weight is 431 g/mol. The first-order chi connectivity index (χ1) is 15.6. The normalized spacial score (nSPS) is 14.2. The van der Waals surface area contributed by atoms with Crippen LogP contribution in [-0.4, -0.2) is 35.8 Å². The van der Waals surface area contributed by atoms with E-state index in [1.807, 2.05) is 60.7 Å². The number of aryl methyl sites for hydroxylation is 1. The Labute approximate surface area is 189 Å². The summed E-state index contributed by atoms with van der Waals surface area (Å²) in [5.74, 6) is 2.22. The van der Waals surface area contributed by atoms with Crippen molar-refractivity contribution in [3.8, 4) is 17.0 Å². The molecule has 0 saturated carbocycles. The van der Waals surface area contributed by atoms with Crippen molar-refractivity contribution in [2.45, 2.75) is 33.1 Å². The van der Waals surface area contributed by atoms with E-state index >= 15 is 0 Å². The summed E-state index contributed by atoms with van der Waals surface area (Å²) in [4.78, 5) is 14.5. The quantitative estimate of drug-likeness (QED) is 0.574. The van der Waals surface area contributed by atoms with Gasteiger partial charge >= 0.3 is 0 Å². The lowest BCUT2D eigenvalue weighted by Crippen LogP contribution is -2.33. The van der Waals surface area contributed by atoms with Gasteiger partial charge in [-0.15, -0.1) is 10.2 Å². The van der Waals surface area contributed by atoms with E-state index < -0.39 is 0 Å². The summed E-state index contributed by atoms with van der Waals surface area (Å²) < 4.78 is 5.57. The number of nitrogens with zero attached hydrogens (tertiary/aromatic N) is 3. The molecule has 0 bridgehead atoms. The Bertz CT molecular complexity index is 1010. The minimum atomic E-state index is -0.197. The molecular weight excluding hydrogens is 400 g/mol. The molecule has 0 spiro atoms. The average Bonchev–Trinajstić information content (AvgIpc) is 2.84. The van der Waals surface area contributed by atoms with Crippen molar-refractivity contribution >= 4 is 17.4 Å². The zero-order valence-electron chi connectivity index (χ0n) is 18.8. The SMILES string of the molecule is CCc1ccc(OCC(=O)Nc2ccc(-c3ccc(N4CCC(C)CC4)nn3)cc2)cc1. The van der Waals surface area contributed by atoms with E-state index in [0.29, 0.717) is 5.75 Å². The molecule has 0 atom stereocenters. The van der Waals surface area contributed by atoms with Crippen LogP contribution in [0, 0.1) is 5.92 Å². The number of aromatic nitrogens is 2. The van der Waals surface area contributed by atoms with Crippen LogP contribution >= 0.6 is 0 Å². The number of carbonyl (C=O) groups is 1. The molecule has 0 aliphatic carbocycles. The Balaban J connectivity index is 1.30. The first-order valence-corrected chi connectivity index (χ1v) is 11.3. The molecule has 3 aromatic rings. The van der Waals surface area contributed by atoms with Crippen molar-refractivity contribution in [2.24, 2.45) is 5.92 Å². The van der Waals surface area contributed by atoms with E-state index in [-0.39, 0.29) is 12.5 Å². The van der Waals surface area contributed by atoms with Gasteiger partial charge in [-0.2, -0.15) is 0 Å². The third kappa shape index (κ3) is 5.63. The Morgan fingerprint density at radius 3 is 2.34 bits per heavy atom. The van der Waals surface area contributed by atoms with Gasteiger partial charge in [0.05, 0.1) is 5.69 Å². The Hall–Kier alpha value is -3.41. The van der Waals surface area contributed by atoms with Crippen molar-refractivity contribution in [1.29, 1.82) is 0 Å². The molecule has 1 fully saturated rings. The summed E-state index contributed by atoms with van der Waals surface area (Å²) in [5, 5.41) is 11.7. The summed E-state index contributed by atoms with van der Waals surface area (Å²) in [6.45, 7) is 6.45. The predicted octanol–water partition coefficient (Wildman–Crippen LogP) is 4.96. The van der Waals surface area contributed by atoms with E-state index in [0.717, 1.165) is 48.2 Å². The molecule has 4 rings (SSSR count). The summed E-state index contributed by atoms with van der Waals surface area (Å²) in [5.41, 5.74) is 3.73. The topological polar surface area (TPSA) is 67.3 Å². The Morgan fingerprint density at radius 2 is 1.72 bits per heavy atom. The lowest BCUT2D eigenvalue weighted by Gasteiger charge is -2.30. The number of nitrogens with one attached hydrogen (secondary N) is 1. The molecule has 1 amide bonds. The standard InChI is InChI=1S/C26H30N4O2/c1-3-20-4-10-23(11-5-20)32-18-26(31)27-22-8-6-21(7-9-22)24-12-13-25(29-28-24)30-16-14-19(2)15-17-30/h4-13,19H,3,14-18H2,1-2H3,(H,27,31). The van der Waals surface area contributed by atoms with Gasteiger partial charge in [0, 0.05) is 24.3 Å². The zero-order valence-corrected chi connectivity index (χ0v) is 18.8. The van der Waals surface area contributed by atoms with Crippen LogP contribution in [0.2, 0.25) is 0 Å². The molecule has 1 N–H and O–H groups in total. The van der Waals surface area contributed by atoms with E-state index in [1.165, 1.54) is 18.4 Å². The molecule has 6 heteroatoms. The Kier molecular flexibility index (Phi) is 7.00. The first kappa shape index (κ1) is 21.8. The minimum absolute atomic E-state index is 0.0323. The lowest BCUT2D eigenvalue weighted by atomic mass is 9.99. The van der Waals surface area contributed by atoms with Crippen LogP contribution in [0.15, 0.2) is 60.7 Å². The van der Waals surface area contributed by atoms with Gasteiger partial charge in [0.15, 0.2) is 12.4 Å². The smallest absolute Gasteiger partial charge is 0.262 e. The third-order valence-corrected chi connectivity index (χ3v) is 5.92. The van der Waals surface area contributed by atoms with Gasteiger partial charge in [0.25, 0.3) is 5.91 Å². The van der Waals surface area contributed by atoms with E-state index in [9.17, 15) is 4.79 Å². The van der Waals surface area contributed by atoms with E-state index in [2.05, 4.69) is 34.3 Å². The monoisotopic (exact) mass is 430 g/mol. The fourth-order valence-corrected chi connectivity index (χ4v) is 3.78. The maximum absolute atomic E-state index is 12.2. The van der Waals surface area contributed by atoms with Crippen molar-refractivity contribution in [3.05, 3.63) is 66.2 Å². The Morgan fingerprint density at radius 1 is 1.00 bits per heavy atom. The van der Waals surface area contributed by atoms with Crippen LogP contribution in [-0.2, 0) is 11.2 Å². The van der Waals surface area contributed by atoms with Crippen molar-refractivity contribution in [2.75, 3.05) is 29.9 Å². The van der Waals surface area contributed by atoms with E-state index in [1.54, 1.807) is 0 Å². The maximum atomic E-state index is 12.2. The molecule has 32 heavy (non-hydrogen) atoms. The number of ether oxygens (including phenoxy) is 1. The van der Waals surface area contributed by atoms with Gasteiger partial charge in [-0.25, -0.2) is 0 Å². The summed E-state index contributed by atoms with van der Waals surface area (Å²) in [6.07, 6.45) is 3.38. The fourth-order valence-electron chi connectivity index (χ4n) is 3.78. The molecule has 166 valence electrons. The zero-order chi connectivity index (χ0) is 22.3. The van der Waals surface area contributed by atoms with Crippen molar-refractivity contribution in [3.63, 3.8) is 0 Å². The largest absolute Gasteiger partial charge is 0.484 e. The second-order valence-corrected chi connectivity index (χ2v) is 8.36. The van der Waals surface area contributed by atoms with Gasteiger partial charge < -0.3 is 15.0 Å². The number of hydrogen-bond donors (Lipinski definition) is 1. The van der Waals surface area contributed by atoms with Crippen LogP contribution in [0.1, 0.15) is 32.3 Å². The molecule has 2 heterocycles. The second kappa shape index (κ2) is 10.3. The number of piperidine rings is 1. The number of hydrogen-bond acceptors (Lipinski definition) is 5. The van der Waals surface area contributed by atoms with Gasteiger partial charge in [0.1, 0.15) is 5.75 Å². The summed E-state index contributed by atoms with van der Waals surface area (Å²) in [6, 6.07) is 19.4. The molecule has 1 aliphatic rings. The molecule has 0 radical (unpaired) electrons. The van der Waals surface area contributed by atoms with Gasteiger partial charge in [-0.3, -0.25) is 4.79 Å². The highest BCUT2D eigenvalue weighted by molar-refractivity contribution is 5.92. The van der Waals surface area contributed by atoms with Gasteiger partial charge in [-0.05, 0) is 67.1 Å². The number of rotatable bonds is 7. The third-order valence-electron chi connectivity index (χ3n) is 5.92. The molecule has 2 aromatic carbocycles. The van der Waals surface area contributed by atoms with Crippen molar-refractivity contribution < 1.29 is 9.53 Å². The van der Waals surface area contributed by atoms with Crippen LogP contribution < -0.4 is 15.0 Å². The van der Waals surface area contributed by atoms with Crippen LogP contribution in [0.4, 0.5) is 11.5 Å². The predicted molar refractivity (Wildman–Crippen MR) is 128 cm³/mol. The highest BCUT2D eigenvalue weighted by Crippen LogP contribution is 2.24.